The predicted octanol–water partition coefficient (Wildman–Crippen LogP) is 2.86. The summed E-state index contributed by atoms with van der Waals surface area (Å²) in [6.07, 6.45) is 2.80. The summed E-state index contributed by atoms with van der Waals surface area (Å²) >= 11 is 0.260. The topological polar surface area (TPSA) is 0 Å². The summed E-state index contributed by atoms with van der Waals surface area (Å²) in [7, 11) is 0. The number of hydrogen-bond donors (Lipinski definition) is 0. The molecule has 2 heteroatoms. The molecule has 0 aromatic carbocycles. The molecule has 0 bridgehead atoms. The Morgan fingerprint density at radius 1 is 1.00 bits per heavy atom. The fourth-order valence-corrected chi connectivity index (χ4v) is 3.06. The van der Waals surface area contributed by atoms with Crippen LogP contribution in [0, 0.1) is 0 Å². The molecular weight excluding hydrogens is 188 g/mol. The van der Waals surface area contributed by atoms with Crippen LogP contribution in [0.25, 0.3) is 0 Å². The molecule has 0 fully saturated rings. The van der Waals surface area contributed by atoms with Crippen LogP contribution < -0.4 is 0 Å². The van der Waals surface area contributed by atoms with Crippen LogP contribution in [-0.2, 0) is 19.5 Å². The normalized spacial score (nSPS) is 15.2. The van der Waals surface area contributed by atoms with Gasteiger partial charge in [0.15, 0.2) is 0 Å². The van der Waals surface area contributed by atoms with Crippen molar-refractivity contribution < 1.29 is 19.5 Å². The summed E-state index contributed by atoms with van der Waals surface area (Å²) in [4.78, 5) is 0. The number of hydrogen-bond acceptors (Lipinski definition) is 0. The Morgan fingerprint density at radius 2 is 1.30 bits per heavy atom. The fraction of sp³-hybridized carbons (Fsp3) is 1.00. The molecule has 0 aromatic rings. The minimum Gasteiger partial charge on any atom is -0.0887 e. The maximum Gasteiger partial charge on any atom is 0.244 e. The van der Waals surface area contributed by atoms with E-state index in [1.54, 1.807) is 0 Å². The molecule has 0 rings (SSSR count). The van der Waals surface area contributed by atoms with Crippen molar-refractivity contribution in [1.82, 2.24) is 0 Å². The van der Waals surface area contributed by atoms with Gasteiger partial charge in [-0.05, 0) is 0 Å². The van der Waals surface area contributed by atoms with E-state index in [1.165, 1.54) is 12.8 Å². The van der Waals surface area contributed by atoms with E-state index < -0.39 is 0 Å². The van der Waals surface area contributed by atoms with E-state index in [9.17, 15) is 0 Å². The third-order valence-electron chi connectivity index (χ3n) is 2.20. The van der Waals surface area contributed by atoms with Crippen molar-refractivity contribution in [3.63, 3.8) is 0 Å². The largest absolute Gasteiger partial charge is 0.244 e. The summed E-state index contributed by atoms with van der Waals surface area (Å²) in [6, 6.07) is 0. The maximum absolute atomic E-state index is 2.40. The van der Waals surface area contributed by atoms with Crippen LogP contribution in [0.2, 0.25) is 9.56 Å². The van der Waals surface area contributed by atoms with Crippen molar-refractivity contribution in [3.8, 4) is 0 Å². The van der Waals surface area contributed by atoms with Gasteiger partial charge in [-0.25, -0.2) is 0 Å². The van der Waals surface area contributed by atoms with Crippen molar-refractivity contribution in [2.24, 2.45) is 0 Å². The van der Waals surface area contributed by atoms with E-state index in [0.717, 1.165) is 9.56 Å². The van der Waals surface area contributed by atoms with E-state index in [1.807, 2.05) is 0 Å². The van der Waals surface area contributed by atoms with Gasteiger partial charge in [-0.1, -0.05) is 50.1 Å². The molecule has 0 aliphatic heterocycles. The summed E-state index contributed by atoms with van der Waals surface area (Å²) in [6.45, 7) is 9.41. The Bertz CT molecular complexity index is 58.3. The fourth-order valence-electron chi connectivity index (χ4n) is 1.02. The van der Waals surface area contributed by atoms with Gasteiger partial charge in [-0.15, -0.1) is 0 Å². The van der Waals surface area contributed by atoms with Crippen LogP contribution in [-0.4, -0.2) is 15.2 Å². The molecule has 0 amide bonds. The van der Waals surface area contributed by atoms with Gasteiger partial charge in [0.1, 0.15) is 0 Å². The van der Waals surface area contributed by atoms with E-state index in [4.69, 9.17) is 0 Å². The molecule has 56 valence electrons. The maximum atomic E-state index is 2.40. The molecule has 0 spiro atoms. The van der Waals surface area contributed by atoms with Crippen molar-refractivity contribution in [2.45, 2.75) is 50.1 Å². The quantitative estimate of drug-likeness (QED) is 0.622. The minimum absolute atomic E-state index is 0. The third-order valence-corrected chi connectivity index (χ3v) is 4.96. The number of rotatable bonds is 4. The van der Waals surface area contributed by atoms with Gasteiger partial charge >= 0.3 is 0 Å². The molecule has 0 aliphatic carbocycles. The first-order valence-corrected chi connectivity index (χ1v) is 5.83. The molecule has 0 heterocycles. The zero-order valence-corrected chi connectivity index (χ0v) is 12.4. The molecule has 2 unspecified atom stereocenters. The van der Waals surface area contributed by atoms with Crippen LogP contribution in [0.4, 0.5) is 0 Å². The smallest absolute Gasteiger partial charge is 0.0887 e. The first-order valence-electron chi connectivity index (χ1n) is 4.20. The molecule has 0 radical (unpaired) electrons. The van der Waals surface area contributed by atoms with Crippen LogP contribution in [0.3, 0.4) is 0 Å². The summed E-state index contributed by atoms with van der Waals surface area (Å²) in [5.41, 5.74) is 0. The molecule has 2 atom stereocenters. The van der Waals surface area contributed by atoms with Gasteiger partial charge in [0, 0.05) is 19.5 Å². The Morgan fingerprint density at radius 3 is 1.50 bits per heavy atom. The van der Waals surface area contributed by atoms with Gasteiger partial charge in [-0.2, -0.15) is 0 Å². The molecule has 0 saturated carbocycles. The van der Waals surface area contributed by atoms with E-state index >= 15 is 0 Å². The van der Waals surface area contributed by atoms with Crippen molar-refractivity contribution in [3.05, 3.63) is 0 Å². The second-order valence-corrected chi connectivity index (χ2v) is 6.52. The first-order chi connectivity index (χ1) is 4.20. The molecule has 0 nitrogen and oxygen atoms in total. The predicted molar refractivity (Wildman–Crippen MR) is 46.6 cm³/mol. The summed E-state index contributed by atoms with van der Waals surface area (Å²) in [5.74, 6) is 0. The van der Waals surface area contributed by atoms with Gasteiger partial charge in [-0.3, -0.25) is 0 Å². The molecular formula is C8H19AlZn. The van der Waals surface area contributed by atoms with Gasteiger partial charge < -0.3 is 0 Å². The standard InChI is InChI=1S/2C4H9.Al.Zn.H/c2*1-3-4-2;;;/h2*3H,4H2,1-2H3;;;. The van der Waals surface area contributed by atoms with Gasteiger partial charge in [0.2, 0.25) is 15.2 Å². The van der Waals surface area contributed by atoms with Crippen LogP contribution in [0.15, 0.2) is 0 Å². The van der Waals surface area contributed by atoms with E-state index in [2.05, 4.69) is 27.7 Å². The second kappa shape index (κ2) is 8.25. The summed E-state index contributed by atoms with van der Waals surface area (Å²) in [5, 5.41) is 0. The molecule has 0 aliphatic rings. The molecule has 0 saturated heterocycles. The second-order valence-electron chi connectivity index (χ2n) is 3.26. The van der Waals surface area contributed by atoms with Crippen molar-refractivity contribution >= 4 is 15.2 Å². The van der Waals surface area contributed by atoms with Crippen molar-refractivity contribution in [2.75, 3.05) is 0 Å². The third kappa shape index (κ3) is 7.27. The SMILES string of the molecule is CC[CH](C)[AlH][CH](C)CC.[Zn]. The zero-order chi connectivity index (χ0) is 7.28. The van der Waals surface area contributed by atoms with Crippen molar-refractivity contribution in [1.29, 1.82) is 0 Å². The average Bonchev–Trinajstić information content (AvgIpc) is 1.87. The zero-order valence-electron chi connectivity index (χ0n) is 7.98. The molecule has 0 aromatic heterocycles. The van der Waals surface area contributed by atoms with Crippen LogP contribution in [0.1, 0.15) is 40.5 Å². The Hall–Kier alpha value is 1.16. The monoisotopic (exact) mass is 206 g/mol. The minimum atomic E-state index is 0. The van der Waals surface area contributed by atoms with Crippen LogP contribution >= 0.6 is 0 Å². The molecule has 10 heavy (non-hydrogen) atoms. The molecule has 0 N–H and O–H groups in total. The van der Waals surface area contributed by atoms with Gasteiger partial charge in [0.05, 0.1) is 0 Å². The Labute approximate surface area is 84.6 Å². The summed E-state index contributed by atoms with van der Waals surface area (Å²) < 4.78 is 2.14. The van der Waals surface area contributed by atoms with Crippen LogP contribution in [0.5, 0.6) is 0 Å². The average molecular weight is 208 g/mol. The Balaban J connectivity index is 0. The Kier molecular flexibility index (Phi) is 11.3. The van der Waals surface area contributed by atoms with Gasteiger partial charge in [0.25, 0.3) is 0 Å². The van der Waals surface area contributed by atoms with E-state index in [-0.39, 0.29) is 34.7 Å². The first kappa shape index (κ1) is 13.7. The van der Waals surface area contributed by atoms with E-state index in [0.29, 0.717) is 0 Å².